The molecule has 0 aliphatic carbocycles. The van der Waals surface area contributed by atoms with Gasteiger partial charge in [-0.25, -0.2) is 0 Å². The van der Waals surface area contributed by atoms with E-state index in [0.29, 0.717) is 33.6 Å². The quantitative estimate of drug-likeness (QED) is 0.128. The first-order chi connectivity index (χ1) is 35.4. The predicted octanol–water partition coefficient (Wildman–Crippen LogP) is 5.48. The molecule has 2 aromatic carbocycles. The molecule has 368 valence electrons. The summed E-state index contributed by atoms with van der Waals surface area (Å²) >= 11 is 9.21. The summed E-state index contributed by atoms with van der Waals surface area (Å²) in [5.74, 6) is 0. The average Bonchev–Trinajstić information content (AvgIpc) is 4.24. The molecule has 6 aromatic heterocycles. The Morgan fingerprint density at radius 2 is 0.560 bits per heavy atom. The molecule has 10 heterocycles. The van der Waals surface area contributed by atoms with Crippen LogP contribution in [-0.4, -0.2) is 65.8 Å². The van der Waals surface area contributed by atoms with Crippen molar-refractivity contribution in [3.05, 3.63) is 143 Å². The summed E-state index contributed by atoms with van der Waals surface area (Å²) in [5, 5.41) is 0. The van der Waals surface area contributed by atoms with Crippen molar-refractivity contribution in [1.29, 1.82) is 0 Å². The Balaban J connectivity index is 0.000000169. The Hall–Kier alpha value is -3.94. The molecule has 4 aliphatic heterocycles. The summed E-state index contributed by atoms with van der Waals surface area (Å²) in [6.07, 6.45) is 15.9. The van der Waals surface area contributed by atoms with Gasteiger partial charge in [0.2, 0.25) is 0 Å². The van der Waals surface area contributed by atoms with Crippen LogP contribution in [0.25, 0.3) is 115 Å². The van der Waals surface area contributed by atoms with Gasteiger partial charge in [0, 0.05) is 0 Å². The van der Waals surface area contributed by atoms with Gasteiger partial charge in [-0.05, 0) is 0 Å². The third kappa shape index (κ3) is 11.0. The first kappa shape index (κ1) is 54.4. The standard InChI is InChI=1S/2C26H15N4O3S.6Re.Zn/c2*31-34(32,33)23-3-1-2-16(12-23)26-24-10-8-21(29-24)14-19-6-4-17(27-19)13-18-5-7-20(28-18)15-22-9-11-25(26)30-22;;;;;;;/h2*1-12,27,30H,(H,31,32,33);;;;;;;/q;;;;;;;;+2/p-2. The smallest absolute Gasteiger partial charge is 2.00 e. The number of hydrogen-bond acceptors (Lipinski definition) is 10. The largest absolute Gasteiger partial charge is 2.00 e. The molecule has 0 saturated heterocycles. The SMILES string of the molecule is O=S(=O)([O-])c1cccc(-c2c3nc([c]([Re])c4ccc([nH]4)[c]([Re])c4nc([c]([Re])c5ccc2[nH]5)C=C4)C=C3)c1.O=S(=O)([O-])c1cccc(-c2c3nc([c]([Re])c4ccc([nH]4)[c]([Re])c4nc([c]([Re])c5ccc2[nH]5)C=C4)C=C3)c1.[Zn+2]. The van der Waals surface area contributed by atoms with Crippen molar-refractivity contribution < 1.29 is 161 Å². The summed E-state index contributed by atoms with van der Waals surface area (Å²) < 4.78 is 77.1. The summed E-state index contributed by atoms with van der Waals surface area (Å²) in [7, 11) is -9.23. The van der Waals surface area contributed by atoms with Crippen LogP contribution < -0.4 is 24.2 Å². The normalized spacial score (nSPS) is 12.7. The zero-order valence-electron chi connectivity index (χ0n) is 37.9. The summed E-state index contributed by atoms with van der Waals surface area (Å²) in [5.41, 5.74) is 16.7. The number of aromatic amines is 4. The van der Waals surface area contributed by atoms with E-state index in [9.17, 15) is 25.9 Å². The van der Waals surface area contributed by atoms with E-state index in [1.807, 2.05) is 72.9 Å². The van der Waals surface area contributed by atoms with E-state index in [-0.39, 0.29) is 29.3 Å². The van der Waals surface area contributed by atoms with Gasteiger partial charge >= 0.3 is 512 Å². The van der Waals surface area contributed by atoms with Crippen molar-refractivity contribution in [2.45, 2.75) is 9.79 Å². The van der Waals surface area contributed by atoms with Crippen LogP contribution in [0.2, 0.25) is 0 Å². The fourth-order valence-electron chi connectivity index (χ4n) is 8.43. The second-order valence-corrected chi connectivity index (χ2v) is 27.5. The number of rotatable bonds is 4. The molecule has 4 aliphatic rings. The van der Waals surface area contributed by atoms with E-state index in [1.54, 1.807) is 62.7 Å². The van der Waals surface area contributed by atoms with Gasteiger partial charge in [0.1, 0.15) is 0 Å². The maximum Gasteiger partial charge on any atom is 2.00 e. The van der Waals surface area contributed by atoms with Gasteiger partial charge in [0.15, 0.2) is 0 Å². The number of hydrogen-bond donors (Lipinski definition) is 4. The molecule has 0 amide bonds. The molecule has 23 heteroatoms. The Kier molecular flexibility index (Phi) is 15.8. The van der Waals surface area contributed by atoms with Crippen molar-refractivity contribution >= 4 is 137 Å². The van der Waals surface area contributed by atoms with Gasteiger partial charge in [0.05, 0.1) is 0 Å². The zero-order chi connectivity index (χ0) is 51.8. The van der Waals surface area contributed by atoms with Gasteiger partial charge in [-0.2, -0.15) is 0 Å². The fraction of sp³-hybridized carbons (Fsp3) is 0. The van der Waals surface area contributed by atoms with Crippen LogP contribution in [0.3, 0.4) is 0 Å². The van der Waals surface area contributed by atoms with Crippen molar-refractivity contribution in [2.75, 3.05) is 0 Å². The second-order valence-electron chi connectivity index (χ2n) is 16.6. The minimum Gasteiger partial charge on any atom is 2.00 e. The molecule has 0 spiro atoms. The maximum atomic E-state index is 11.8. The minimum atomic E-state index is -4.61. The molecule has 0 radical (unpaired) electrons. The Bertz CT molecular complexity index is 4210. The summed E-state index contributed by atoms with van der Waals surface area (Å²) in [4.78, 5) is 33.2. The average molecular weight is 2110 g/mol. The Morgan fingerprint density at radius 3 is 0.827 bits per heavy atom. The van der Waals surface area contributed by atoms with Crippen LogP contribution in [0.1, 0.15) is 45.6 Å². The van der Waals surface area contributed by atoms with E-state index in [4.69, 9.17) is 19.9 Å². The van der Waals surface area contributed by atoms with Crippen molar-refractivity contribution in [3.63, 3.8) is 0 Å². The molecule has 12 rings (SSSR count). The molecule has 0 fully saturated rings. The number of benzene rings is 2. The summed E-state index contributed by atoms with van der Waals surface area (Å²) in [6, 6.07) is 28.3. The van der Waals surface area contributed by atoms with Crippen LogP contribution in [-0.2, 0) is 155 Å². The van der Waals surface area contributed by atoms with Crippen LogP contribution >= 0.6 is 0 Å². The number of H-pyrrole nitrogens is 4. The van der Waals surface area contributed by atoms with Gasteiger partial charge in [-0.1, -0.05) is 0 Å². The zero-order valence-corrected chi connectivity index (χ0v) is 58.8. The topological polar surface area (TPSA) is 229 Å². The second kappa shape index (κ2) is 21.7. The molecule has 8 aromatic rings. The maximum absolute atomic E-state index is 11.8. The van der Waals surface area contributed by atoms with E-state index >= 15 is 0 Å². The minimum absolute atomic E-state index is 0. The van der Waals surface area contributed by atoms with E-state index in [0.717, 1.165) is 103 Å². The van der Waals surface area contributed by atoms with Crippen LogP contribution in [0.15, 0.2) is 107 Å². The predicted molar refractivity (Wildman–Crippen MR) is 262 cm³/mol. The molecule has 75 heavy (non-hydrogen) atoms. The van der Waals surface area contributed by atoms with Gasteiger partial charge in [0.25, 0.3) is 0 Å². The first-order valence-electron chi connectivity index (χ1n) is 21.8. The van der Waals surface area contributed by atoms with Crippen molar-refractivity contribution in [3.8, 4) is 22.3 Å². The third-order valence-electron chi connectivity index (χ3n) is 11.9. The van der Waals surface area contributed by atoms with Crippen LogP contribution in [0, 0.1) is 0 Å². The molecule has 0 unspecified atom stereocenters. The number of nitrogens with zero attached hydrogens (tertiary/aromatic N) is 4. The molecule has 0 atom stereocenters. The van der Waals surface area contributed by atoms with E-state index in [2.05, 4.69) is 44.2 Å². The molecular weight excluding hydrogens is 2080 g/mol. The van der Waals surface area contributed by atoms with Crippen LogP contribution in [0.4, 0.5) is 0 Å². The third-order valence-corrected chi connectivity index (χ3v) is 22.2. The van der Waals surface area contributed by atoms with Gasteiger partial charge in [-0.15, -0.1) is 0 Å². The van der Waals surface area contributed by atoms with Crippen LogP contribution in [0.5, 0.6) is 0 Å². The van der Waals surface area contributed by atoms with Gasteiger partial charge < -0.3 is 0 Å². The fourth-order valence-corrected chi connectivity index (χ4v) is 14.1. The van der Waals surface area contributed by atoms with Crippen molar-refractivity contribution in [1.82, 2.24) is 39.9 Å². The van der Waals surface area contributed by atoms with E-state index < -0.39 is 20.2 Å². The first-order valence-corrected chi connectivity index (χ1v) is 32.7. The monoisotopic (exact) mass is 2110 g/mol. The number of aromatic nitrogens is 8. The Morgan fingerprint density at radius 1 is 0.333 bits per heavy atom. The molecular formula is C52H28N8O6Re6S2Zn. The molecule has 16 bridgehead atoms. The van der Waals surface area contributed by atoms with Gasteiger partial charge in [-0.3, -0.25) is 0 Å². The molecule has 14 nitrogen and oxygen atoms in total. The molecule has 4 N–H and O–H groups in total. The number of fused-ring (bicyclic) bond motifs is 16. The molecule has 0 saturated carbocycles. The summed E-state index contributed by atoms with van der Waals surface area (Å²) in [6.45, 7) is 0. The number of nitrogens with one attached hydrogen (secondary N) is 4. The van der Waals surface area contributed by atoms with E-state index in [1.165, 1.54) is 101 Å². The van der Waals surface area contributed by atoms with Crippen molar-refractivity contribution in [2.24, 2.45) is 0 Å². The Labute approximate surface area is 506 Å².